The number of hydrogen-bond donors (Lipinski definition) is 2. The highest BCUT2D eigenvalue weighted by molar-refractivity contribution is 5.78. The first-order valence-electron chi connectivity index (χ1n) is 7.37. The Bertz CT molecular complexity index is 598. The molecule has 0 unspecified atom stereocenters. The predicted octanol–water partition coefficient (Wildman–Crippen LogP) is 1.93. The van der Waals surface area contributed by atoms with E-state index >= 15 is 0 Å². The lowest BCUT2D eigenvalue weighted by Crippen LogP contribution is -2.43. The lowest BCUT2D eigenvalue weighted by Gasteiger charge is -2.20. The van der Waals surface area contributed by atoms with Crippen molar-refractivity contribution in [2.45, 2.75) is 39.3 Å². The highest BCUT2D eigenvalue weighted by atomic mass is 16.1. The molecule has 0 aliphatic carbocycles. The van der Waals surface area contributed by atoms with Gasteiger partial charge in [0.2, 0.25) is 5.91 Å². The van der Waals surface area contributed by atoms with Crippen molar-refractivity contribution in [1.29, 1.82) is 0 Å². The summed E-state index contributed by atoms with van der Waals surface area (Å²) in [7, 11) is 0. The first-order chi connectivity index (χ1) is 9.96. The largest absolute Gasteiger partial charge is 0.355 e. The van der Waals surface area contributed by atoms with Gasteiger partial charge in [-0.15, -0.1) is 0 Å². The highest BCUT2D eigenvalue weighted by Crippen LogP contribution is 2.11. The number of para-hydroxylation sites is 2. The van der Waals surface area contributed by atoms with Crippen LogP contribution in [0.1, 0.15) is 27.2 Å². The van der Waals surface area contributed by atoms with E-state index in [4.69, 9.17) is 0 Å². The van der Waals surface area contributed by atoms with Crippen LogP contribution in [-0.4, -0.2) is 34.1 Å². The number of fused-ring (bicyclic) bond motifs is 1. The molecule has 1 amide bonds. The van der Waals surface area contributed by atoms with Crippen LogP contribution in [0.3, 0.4) is 0 Å². The van der Waals surface area contributed by atoms with Crippen LogP contribution in [0.25, 0.3) is 11.0 Å². The fraction of sp³-hybridized carbons (Fsp3) is 0.500. The van der Waals surface area contributed by atoms with Gasteiger partial charge in [-0.2, -0.15) is 0 Å². The quantitative estimate of drug-likeness (QED) is 0.799. The minimum atomic E-state index is -0.0347. The minimum absolute atomic E-state index is 0.0347. The topological polar surface area (TPSA) is 59.0 Å². The van der Waals surface area contributed by atoms with Gasteiger partial charge in [-0.1, -0.05) is 12.1 Å². The van der Waals surface area contributed by atoms with Crippen molar-refractivity contribution in [3.05, 3.63) is 30.6 Å². The van der Waals surface area contributed by atoms with Crippen molar-refractivity contribution in [3.8, 4) is 0 Å². The molecule has 2 aromatic rings. The molecule has 1 aromatic carbocycles. The third kappa shape index (κ3) is 4.86. The van der Waals surface area contributed by atoms with E-state index in [9.17, 15) is 4.79 Å². The summed E-state index contributed by atoms with van der Waals surface area (Å²) >= 11 is 0. The molecule has 5 heteroatoms. The molecule has 0 aliphatic heterocycles. The van der Waals surface area contributed by atoms with E-state index < -0.39 is 0 Å². The molecular formula is C16H24N4O. The van der Waals surface area contributed by atoms with Crippen LogP contribution in [0.2, 0.25) is 0 Å². The number of carbonyl (C=O) groups excluding carboxylic acids is 1. The molecule has 0 aliphatic rings. The van der Waals surface area contributed by atoms with Crippen LogP contribution in [0.4, 0.5) is 0 Å². The Kier molecular flexibility index (Phi) is 4.96. The summed E-state index contributed by atoms with van der Waals surface area (Å²) in [5.74, 6) is 0.0421. The molecule has 2 rings (SSSR count). The second kappa shape index (κ2) is 6.72. The molecular weight excluding hydrogens is 264 g/mol. The smallest absolute Gasteiger partial charge is 0.233 e. The van der Waals surface area contributed by atoms with Gasteiger partial charge in [0.05, 0.1) is 23.9 Å². The fourth-order valence-electron chi connectivity index (χ4n) is 2.07. The van der Waals surface area contributed by atoms with Gasteiger partial charge >= 0.3 is 0 Å². The zero-order chi connectivity index (χ0) is 15.3. The minimum Gasteiger partial charge on any atom is -0.355 e. The Balaban J connectivity index is 1.71. The summed E-state index contributed by atoms with van der Waals surface area (Å²) in [6.45, 7) is 8.03. The maximum absolute atomic E-state index is 11.7. The molecule has 0 saturated carbocycles. The Labute approximate surface area is 125 Å². The van der Waals surface area contributed by atoms with Gasteiger partial charge in [0, 0.05) is 18.6 Å². The van der Waals surface area contributed by atoms with Crippen molar-refractivity contribution in [3.63, 3.8) is 0 Å². The maximum Gasteiger partial charge on any atom is 0.233 e. The van der Waals surface area contributed by atoms with Crippen LogP contribution in [0.5, 0.6) is 0 Å². The average molecular weight is 288 g/mol. The summed E-state index contributed by atoms with van der Waals surface area (Å²) in [6, 6.07) is 8.07. The summed E-state index contributed by atoms with van der Waals surface area (Å²) in [6.07, 6.45) is 2.75. The lowest BCUT2D eigenvalue weighted by atomic mass is 10.1. The zero-order valence-corrected chi connectivity index (χ0v) is 13.0. The maximum atomic E-state index is 11.7. The van der Waals surface area contributed by atoms with Crippen molar-refractivity contribution < 1.29 is 4.79 Å². The molecule has 0 fully saturated rings. The van der Waals surface area contributed by atoms with Gasteiger partial charge in [-0.05, 0) is 39.3 Å². The van der Waals surface area contributed by atoms with E-state index in [0.717, 1.165) is 24.0 Å². The van der Waals surface area contributed by atoms with Gasteiger partial charge in [-0.3, -0.25) is 4.79 Å². The van der Waals surface area contributed by atoms with Crippen LogP contribution >= 0.6 is 0 Å². The summed E-state index contributed by atoms with van der Waals surface area (Å²) in [5.41, 5.74) is 2.11. The zero-order valence-electron chi connectivity index (χ0n) is 13.0. The van der Waals surface area contributed by atoms with Gasteiger partial charge in [0.1, 0.15) is 0 Å². The number of rotatable bonds is 6. The molecule has 0 saturated heterocycles. The van der Waals surface area contributed by atoms with E-state index in [1.165, 1.54) is 0 Å². The number of imidazole rings is 1. The van der Waals surface area contributed by atoms with Crippen molar-refractivity contribution in [1.82, 2.24) is 20.2 Å². The Morgan fingerprint density at radius 3 is 2.81 bits per heavy atom. The van der Waals surface area contributed by atoms with Crippen molar-refractivity contribution in [2.75, 3.05) is 13.1 Å². The number of nitrogens with one attached hydrogen (secondary N) is 2. The Hall–Kier alpha value is -1.88. The van der Waals surface area contributed by atoms with Gasteiger partial charge in [-0.25, -0.2) is 4.98 Å². The SMILES string of the molecule is CC(C)(C)NCC(=O)NCCCn1cnc2ccccc21. The second-order valence-electron chi connectivity index (χ2n) is 6.23. The number of hydrogen-bond acceptors (Lipinski definition) is 3. The van der Waals surface area contributed by atoms with Crippen LogP contribution in [0, 0.1) is 0 Å². The third-order valence-corrected chi connectivity index (χ3v) is 3.20. The van der Waals surface area contributed by atoms with Crippen LogP contribution < -0.4 is 10.6 Å². The predicted molar refractivity (Wildman–Crippen MR) is 85.1 cm³/mol. The van der Waals surface area contributed by atoms with Gasteiger partial charge in [0.25, 0.3) is 0 Å². The molecule has 1 heterocycles. The average Bonchev–Trinajstić information content (AvgIpc) is 2.84. The Morgan fingerprint density at radius 1 is 1.29 bits per heavy atom. The summed E-state index contributed by atoms with van der Waals surface area (Å²) in [5, 5.41) is 6.10. The second-order valence-corrected chi connectivity index (χ2v) is 6.23. The molecule has 114 valence electrons. The molecule has 0 atom stereocenters. The molecule has 0 bridgehead atoms. The number of nitrogens with zero attached hydrogens (tertiary/aromatic N) is 2. The number of aryl methyl sites for hydroxylation is 1. The summed E-state index contributed by atoms with van der Waals surface area (Å²) < 4.78 is 2.12. The monoisotopic (exact) mass is 288 g/mol. The van der Waals surface area contributed by atoms with Crippen molar-refractivity contribution in [2.24, 2.45) is 0 Å². The van der Waals surface area contributed by atoms with E-state index in [1.807, 2.05) is 45.3 Å². The number of amides is 1. The molecule has 5 nitrogen and oxygen atoms in total. The number of benzene rings is 1. The first-order valence-corrected chi connectivity index (χ1v) is 7.37. The molecule has 0 spiro atoms. The standard InChI is InChI=1S/C16H24N4O/c1-16(2,3)19-11-15(21)17-9-6-10-20-12-18-13-7-4-5-8-14(13)20/h4-5,7-8,12,19H,6,9-11H2,1-3H3,(H,17,21). The molecule has 2 N–H and O–H groups in total. The van der Waals surface area contributed by atoms with Gasteiger partial charge < -0.3 is 15.2 Å². The Morgan fingerprint density at radius 2 is 2.05 bits per heavy atom. The highest BCUT2D eigenvalue weighted by Gasteiger charge is 2.10. The fourth-order valence-corrected chi connectivity index (χ4v) is 2.07. The normalized spacial score (nSPS) is 11.8. The van der Waals surface area contributed by atoms with Crippen LogP contribution in [0.15, 0.2) is 30.6 Å². The number of carbonyl (C=O) groups is 1. The lowest BCUT2D eigenvalue weighted by molar-refractivity contribution is -0.120. The third-order valence-electron chi connectivity index (χ3n) is 3.20. The first kappa shape index (κ1) is 15.5. The summed E-state index contributed by atoms with van der Waals surface area (Å²) in [4.78, 5) is 16.0. The van der Waals surface area contributed by atoms with Crippen LogP contribution in [-0.2, 0) is 11.3 Å². The van der Waals surface area contributed by atoms with Crippen molar-refractivity contribution >= 4 is 16.9 Å². The van der Waals surface area contributed by atoms with E-state index in [0.29, 0.717) is 13.1 Å². The molecule has 1 aromatic heterocycles. The van der Waals surface area contributed by atoms with E-state index in [2.05, 4.69) is 26.3 Å². The van der Waals surface area contributed by atoms with E-state index in [-0.39, 0.29) is 11.4 Å². The van der Waals surface area contributed by atoms with E-state index in [1.54, 1.807) is 0 Å². The molecule has 0 radical (unpaired) electrons. The van der Waals surface area contributed by atoms with Gasteiger partial charge in [0.15, 0.2) is 0 Å². The number of aromatic nitrogens is 2. The molecule has 21 heavy (non-hydrogen) atoms.